The van der Waals surface area contributed by atoms with Crippen molar-refractivity contribution >= 4 is 44.1 Å². The van der Waals surface area contributed by atoms with E-state index in [1.165, 1.54) is 0 Å². The Morgan fingerprint density at radius 2 is 1.62 bits per heavy atom. The lowest BCUT2D eigenvalue weighted by molar-refractivity contribution is 0.496. The van der Waals surface area contributed by atoms with Crippen LogP contribution in [0.5, 0.6) is 0 Å². The van der Waals surface area contributed by atoms with E-state index in [-0.39, 0.29) is 15.1 Å². The molecule has 0 aliphatic carbocycles. The molecule has 118 valence electrons. The summed E-state index contributed by atoms with van der Waals surface area (Å²) in [6.07, 6.45) is 1.34. The van der Waals surface area contributed by atoms with Crippen molar-refractivity contribution in [1.29, 1.82) is 0 Å². The highest BCUT2D eigenvalue weighted by atomic mass is 32.3. The molecule has 0 aliphatic rings. The number of hydrogen-bond acceptors (Lipinski definition) is 7. The molecule has 0 saturated heterocycles. The molecule has 0 saturated carbocycles. The Morgan fingerprint density at radius 3 is 1.95 bits per heavy atom. The fraction of sp³-hybridized carbons (Fsp3) is 0.333. The lowest BCUT2D eigenvalue weighted by atomic mass is 10.3. The highest BCUT2D eigenvalue weighted by Crippen LogP contribution is 2.39. The van der Waals surface area contributed by atoms with Crippen molar-refractivity contribution in [3.05, 3.63) is 23.1 Å². The monoisotopic (exact) mass is 356 g/mol. The van der Waals surface area contributed by atoms with Crippen LogP contribution < -0.4 is 9.02 Å². The van der Waals surface area contributed by atoms with Gasteiger partial charge in [-0.1, -0.05) is 0 Å². The molecule has 21 heavy (non-hydrogen) atoms. The lowest BCUT2D eigenvalue weighted by Crippen LogP contribution is -2.35. The smallest absolute Gasteiger partial charge is 0.245 e. The number of anilines is 1. The van der Waals surface area contributed by atoms with Crippen LogP contribution in [0.3, 0.4) is 0 Å². The van der Waals surface area contributed by atoms with Gasteiger partial charge in [-0.3, -0.25) is 4.57 Å². The molecule has 0 aliphatic heterocycles. The van der Waals surface area contributed by atoms with E-state index in [1.807, 2.05) is 0 Å². The summed E-state index contributed by atoms with van der Waals surface area (Å²) in [5.74, 6) is 0. The summed E-state index contributed by atoms with van der Waals surface area (Å²) in [5.41, 5.74) is -0.743. The van der Waals surface area contributed by atoms with E-state index in [2.05, 4.69) is 5.18 Å². The molecule has 0 bridgehead atoms. The average Bonchev–Trinajstić information content (AvgIpc) is 2.23. The van der Waals surface area contributed by atoms with Gasteiger partial charge in [0, 0.05) is 6.66 Å². The quantitative estimate of drug-likeness (QED) is 0.592. The van der Waals surface area contributed by atoms with Crippen molar-refractivity contribution in [3.63, 3.8) is 0 Å². The third-order valence-corrected chi connectivity index (χ3v) is 6.82. The maximum absolute atomic E-state index is 11.7. The van der Waals surface area contributed by atoms with Crippen molar-refractivity contribution in [2.45, 2.75) is 0 Å². The van der Waals surface area contributed by atoms with Gasteiger partial charge < -0.3 is 4.89 Å². The summed E-state index contributed by atoms with van der Waals surface area (Å²) >= 11 is 0. The van der Waals surface area contributed by atoms with Crippen LogP contribution in [0.15, 0.2) is 23.4 Å². The molecule has 0 amide bonds. The zero-order valence-corrected chi connectivity index (χ0v) is 13.8. The molecule has 1 atom stereocenters. The first-order chi connectivity index (χ1) is 9.28. The van der Waals surface area contributed by atoms with Crippen LogP contribution in [0.2, 0.25) is 0 Å². The van der Waals surface area contributed by atoms with Gasteiger partial charge in [0.15, 0.2) is 0 Å². The van der Waals surface area contributed by atoms with E-state index >= 15 is 0 Å². The minimum absolute atomic E-state index is 0.105. The van der Waals surface area contributed by atoms with Crippen molar-refractivity contribution in [2.24, 2.45) is 5.18 Å². The minimum atomic E-state index is -4.19. The summed E-state index contributed by atoms with van der Waals surface area (Å²) in [6, 6.07) is 2.84. The van der Waals surface area contributed by atoms with E-state index in [1.54, 1.807) is 0 Å². The lowest BCUT2D eigenvalue weighted by Gasteiger charge is -2.21. The SMILES string of the molecule is CP(=O)(O)c1cc(N(S(C)(=O)=O)S(C)(=O)=O)ccc1N=O. The Morgan fingerprint density at radius 1 is 1.14 bits per heavy atom. The molecule has 0 fully saturated rings. The molecule has 1 aromatic carbocycles. The van der Waals surface area contributed by atoms with Crippen molar-refractivity contribution in [1.82, 2.24) is 0 Å². The average molecular weight is 356 g/mol. The molecule has 0 radical (unpaired) electrons. The van der Waals surface area contributed by atoms with E-state index in [0.717, 1.165) is 24.9 Å². The van der Waals surface area contributed by atoms with Crippen LogP contribution in [0.1, 0.15) is 0 Å². The topological polar surface area (TPSA) is 138 Å². The van der Waals surface area contributed by atoms with Crippen LogP contribution in [-0.4, -0.2) is 40.9 Å². The predicted molar refractivity (Wildman–Crippen MR) is 79.4 cm³/mol. The molecular weight excluding hydrogens is 343 g/mol. The fourth-order valence-corrected chi connectivity index (χ4v) is 5.54. The Balaban J connectivity index is 3.73. The first-order valence-electron chi connectivity index (χ1n) is 5.27. The second kappa shape index (κ2) is 5.48. The van der Waals surface area contributed by atoms with E-state index in [9.17, 15) is 31.2 Å². The molecule has 1 unspecified atom stereocenters. The first kappa shape index (κ1) is 17.8. The van der Waals surface area contributed by atoms with Gasteiger partial charge in [-0.05, 0) is 23.4 Å². The van der Waals surface area contributed by atoms with Gasteiger partial charge in [0.2, 0.25) is 27.4 Å². The van der Waals surface area contributed by atoms with Crippen molar-refractivity contribution in [2.75, 3.05) is 22.9 Å². The highest BCUT2D eigenvalue weighted by molar-refractivity contribution is 8.09. The summed E-state index contributed by atoms with van der Waals surface area (Å²) in [6.45, 7) is 0.923. The predicted octanol–water partition coefficient (Wildman–Crippen LogP) is 0.336. The van der Waals surface area contributed by atoms with E-state index in [0.29, 0.717) is 12.5 Å². The highest BCUT2D eigenvalue weighted by Gasteiger charge is 2.30. The number of nitroso groups, excluding NO2 is 1. The van der Waals surface area contributed by atoms with Crippen molar-refractivity contribution in [3.8, 4) is 0 Å². The zero-order valence-electron chi connectivity index (χ0n) is 11.3. The van der Waals surface area contributed by atoms with Crippen LogP contribution in [0, 0.1) is 4.91 Å². The molecule has 0 aromatic heterocycles. The molecular formula is C9H13N2O7PS2. The van der Waals surface area contributed by atoms with E-state index in [4.69, 9.17) is 0 Å². The summed E-state index contributed by atoms with van der Waals surface area (Å²) in [7, 11) is -12.3. The maximum Gasteiger partial charge on any atom is 0.245 e. The Kier molecular flexibility index (Phi) is 4.64. The number of sulfonamides is 2. The Hall–Kier alpha value is -1.29. The summed E-state index contributed by atoms with van der Waals surface area (Å²) in [5, 5.41) is 2.14. The van der Waals surface area contributed by atoms with Gasteiger partial charge in [0.25, 0.3) is 0 Å². The number of nitrogens with zero attached hydrogens (tertiary/aromatic N) is 2. The van der Waals surface area contributed by atoms with Gasteiger partial charge in [0.1, 0.15) is 5.69 Å². The van der Waals surface area contributed by atoms with Crippen LogP contribution >= 0.6 is 7.37 Å². The molecule has 9 nitrogen and oxygen atoms in total. The van der Waals surface area contributed by atoms with Gasteiger partial charge in [0.05, 0.1) is 23.5 Å². The fourth-order valence-electron chi connectivity index (χ4n) is 1.66. The molecule has 1 rings (SSSR count). The molecule has 0 heterocycles. The van der Waals surface area contributed by atoms with Gasteiger partial charge in [-0.25, -0.2) is 16.8 Å². The van der Waals surface area contributed by atoms with Gasteiger partial charge in [-0.2, -0.15) is 3.71 Å². The number of hydrogen-bond donors (Lipinski definition) is 1. The summed E-state index contributed by atoms with van der Waals surface area (Å²) in [4.78, 5) is 20.2. The normalized spacial score (nSPS) is 15.2. The van der Waals surface area contributed by atoms with Crippen LogP contribution in [0.25, 0.3) is 0 Å². The zero-order chi connectivity index (χ0) is 16.6. The number of rotatable bonds is 5. The maximum atomic E-state index is 11.7. The first-order valence-corrected chi connectivity index (χ1v) is 11.1. The standard InChI is InChI=1S/C9H13N2O7PS2/c1-19(13,14)9-6-7(4-5-8(9)10-12)11(20(2,15)16)21(3,17)18/h4-6H,1-3H3,(H,13,14). The van der Waals surface area contributed by atoms with Gasteiger partial charge >= 0.3 is 0 Å². The second-order valence-electron chi connectivity index (χ2n) is 4.37. The van der Waals surface area contributed by atoms with Crippen molar-refractivity contribution < 1.29 is 26.3 Å². The number of benzene rings is 1. The molecule has 0 spiro atoms. The molecule has 1 N–H and O–H groups in total. The van der Waals surface area contributed by atoms with E-state index < -0.39 is 32.7 Å². The summed E-state index contributed by atoms with van der Waals surface area (Å²) < 4.78 is 58.3. The Bertz CT molecular complexity index is 794. The van der Waals surface area contributed by atoms with Crippen LogP contribution in [-0.2, 0) is 24.6 Å². The largest absolute Gasteiger partial charge is 0.341 e. The third kappa shape index (κ3) is 4.10. The molecule has 1 aromatic rings. The second-order valence-corrected chi connectivity index (χ2v) is 10.5. The Labute approximate surface area is 122 Å². The van der Waals surface area contributed by atoms with Crippen LogP contribution in [0.4, 0.5) is 11.4 Å². The minimum Gasteiger partial charge on any atom is -0.341 e. The third-order valence-electron chi connectivity index (χ3n) is 2.32. The molecule has 12 heteroatoms. The van der Waals surface area contributed by atoms with Gasteiger partial charge in [-0.15, -0.1) is 4.91 Å².